The minimum absolute atomic E-state index is 0.0493. The summed E-state index contributed by atoms with van der Waals surface area (Å²) < 4.78 is 10.7. The average molecular weight is 368 g/mol. The molecule has 2 N–H and O–H groups in total. The Hall–Kier alpha value is -2.86. The van der Waals surface area contributed by atoms with Crippen molar-refractivity contribution < 1.29 is 19.1 Å². The van der Waals surface area contributed by atoms with Gasteiger partial charge in [-0.25, -0.2) is 0 Å². The van der Waals surface area contributed by atoms with Crippen molar-refractivity contribution in [1.29, 1.82) is 0 Å². The lowest BCUT2D eigenvalue weighted by molar-refractivity contribution is -0.126. The molecule has 142 valence electrons. The van der Waals surface area contributed by atoms with Crippen molar-refractivity contribution in [3.8, 4) is 5.75 Å². The van der Waals surface area contributed by atoms with Crippen LogP contribution in [0, 0.1) is 12.8 Å². The highest BCUT2D eigenvalue weighted by Gasteiger charge is 2.26. The Bertz CT molecular complexity index is 817. The number of hydrogen-bond donors (Lipinski definition) is 2. The van der Waals surface area contributed by atoms with Crippen molar-refractivity contribution in [2.45, 2.75) is 13.3 Å². The molecule has 0 aromatic heterocycles. The monoisotopic (exact) mass is 368 g/mol. The zero-order valence-corrected chi connectivity index (χ0v) is 15.6. The van der Waals surface area contributed by atoms with Gasteiger partial charge < -0.3 is 20.1 Å². The highest BCUT2D eigenvalue weighted by molar-refractivity contribution is 6.04. The Morgan fingerprint density at radius 3 is 2.70 bits per heavy atom. The summed E-state index contributed by atoms with van der Waals surface area (Å²) in [4.78, 5) is 24.6. The minimum atomic E-state index is -0.252. The van der Waals surface area contributed by atoms with E-state index in [-0.39, 0.29) is 17.7 Å². The summed E-state index contributed by atoms with van der Waals surface area (Å²) in [5, 5.41) is 5.75. The van der Waals surface area contributed by atoms with Crippen LogP contribution in [0.25, 0.3) is 0 Å². The van der Waals surface area contributed by atoms with Crippen LogP contribution in [0.5, 0.6) is 5.75 Å². The molecule has 1 aliphatic heterocycles. The van der Waals surface area contributed by atoms with Gasteiger partial charge >= 0.3 is 0 Å². The Morgan fingerprint density at radius 1 is 1.19 bits per heavy atom. The van der Waals surface area contributed by atoms with Crippen LogP contribution in [0.1, 0.15) is 21.5 Å². The second-order valence-electron chi connectivity index (χ2n) is 6.64. The number of benzene rings is 2. The molecule has 0 fully saturated rings. The predicted octanol–water partition coefficient (Wildman–Crippen LogP) is 2.56. The summed E-state index contributed by atoms with van der Waals surface area (Å²) in [5.41, 5.74) is 3.30. The number of methoxy groups -OCH3 is 1. The maximum Gasteiger partial charge on any atom is 0.255 e. The second-order valence-corrected chi connectivity index (χ2v) is 6.64. The van der Waals surface area contributed by atoms with Gasteiger partial charge in [-0.05, 0) is 49.2 Å². The number of amides is 2. The van der Waals surface area contributed by atoms with Gasteiger partial charge in [-0.1, -0.05) is 17.7 Å². The van der Waals surface area contributed by atoms with E-state index in [1.54, 1.807) is 19.2 Å². The Balaban J connectivity index is 1.65. The molecular formula is C21H24N2O4. The Kier molecular flexibility index (Phi) is 6.08. The van der Waals surface area contributed by atoms with Gasteiger partial charge in [-0.2, -0.15) is 0 Å². The van der Waals surface area contributed by atoms with Gasteiger partial charge in [0.15, 0.2) is 0 Å². The molecule has 0 spiro atoms. The molecule has 1 unspecified atom stereocenters. The third-order valence-corrected chi connectivity index (χ3v) is 4.51. The maximum absolute atomic E-state index is 12.4. The molecule has 27 heavy (non-hydrogen) atoms. The number of aryl methyl sites for hydroxylation is 1. The summed E-state index contributed by atoms with van der Waals surface area (Å²) >= 11 is 0. The van der Waals surface area contributed by atoms with E-state index >= 15 is 0 Å². The van der Waals surface area contributed by atoms with Crippen LogP contribution in [-0.2, 0) is 16.0 Å². The van der Waals surface area contributed by atoms with Gasteiger partial charge in [-0.15, -0.1) is 0 Å². The molecule has 1 heterocycles. The normalized spacial score (nSPS) is 15.4. The number of hydrogen-bond acceptors (Lipinski definition) is 4. The van der Waals surface area contributed by atoms with Crippen molar-refractivity contribution in [2.75, 3.05) is 32.2 Å². The molecule has 6 heteroatoms. The number of carbonyl (C=O) groups is 2. The first kappa shape index (κ1) is 18.9. The highest BCUT2D eigenvalue weighted by Crippen LogP contribution is 2.30. The van der Waals surface area contributed by atoms with Gasteiger partial charge in [0.1, 0.15) is 12.4 Å². The molecule has 0 aliphatic carbocycles. The quantitative estimate of drug-likeness (QED) is 0.769. The molecule has 1 aliphatic rings. The first-order valence-electron chi connectivity index (χ1n) is 8.97. The number of carbonyl (C=O) groups excluding carboxylic acids is 2. The number of fused-ring (bicyclic) bond motifs is 1. The largest absolute Gasteiger partial charge is 0.492 e. The molecule has 0 bridgehead atoms. The third-order valence-electron chi connectivity index (χ3n) is 4.51. The van der Waals surface area contributed by atoms with E-state index in [4.69, 9.17) is 9.47 Å². The summed E-state index contributed by atoms with van der Waals surface area (Å²) in [6.07, 6.45) is 0.572. The Morgan fingerprint density at radius 2 is 1.96 bits per heavy atom. The fraction of sp³-hybridized carbons (Fsp3) is 0.333. The SMILES string of the molecule is COCCNC(=O)C1COc2ccc(NC(=O)c3ccc(C)cc3)cc2C1. The lowest BCUT2D eigenvalue weighted by Gasteiger charge is -2.25. The maximum atomic E-state index is 12.4. The Labute approximate surface area is 158 Å². The van der Waals surface area contributed by atoms with E-state index in [2.05, 4.69) is 10.6 Å². The molecule has 0 saturated heterocycles. The van der Waals surface area contributed by atoms with Gasteiger partial charge in [0.05, 0.1) is 12.5 Å². The van der Waals surface area contributed by atoms with Crippen LogP contribution >= 0.6 is 0 Å². The smallest absolute Gasteiger partial charge is 0.255 e. The molecule has 2 aromatic carbocycles. The van der Waals surface area contributed by atoms with Crippen LogP contribution < -0.4 is 15.4 Å². The molecule has 2 amide bonds. The van der Waals surface area contributed by atoms with E-state index in [0.29, 0.717) is 37.4 Å². The second kappa shape index (κ2) is 8.68. The summed E-state index contributed by atoms with van der Waals surface area (Å²) in [7, 11) is 1.60. The standard InChI is InChI=1S/C21H24N2O4/c1-14-3-5-15(6-4-14)21(25)23-18-7-8-19-16(12-18)11-17(13-27-19)20(24)22-9-10-26-2/h3-8,12,17H,9-11,13H2,1-2H3,(H,22,24)(H,23,25). The zero-order chi connectivity index (χ0) is 19.2. The predicted molar refractivity (Wildman–Crippen MR) is 103 cm³/mol. The van der Waals surface area contributed by atoms with Crippen molar-refractivity contribution in [3.05, 3.63) is 59.2 Å². The lowest BCUT2D eigenvalue weighted by atomic mass is 9.95. The molecular weight excluding hydrogens is 344 g/mol. The number of ether oxygens (including phenoxy) is 2. The van der Waals surface area contributed by atoms with E-state index in [0.717, 1.165) is 16.9 Å². The number of nitrogens with one attached hydrogen (secondary N) is 2. The van der Waals surface area contributed by atoms with Crippen LogP contribution in [0.2, 0.25) is 0 Å². The van der Waals surface area contributed by atoms with Gasteiger partial charge in [-0.3, -0.25) is 9.59 Å². The van der Waals surface area contributed by atoms with E-state index < -0.39 is 0 Å². The minimum Gasteiger partial charge on any atom is -0.492 e. The molecule has 6 nitrogen and oxygen atoms in total. The molecule has 3 rings (SSSR count). The molecule has 2 aromatic rings. The van der Waals surface area contributed by atoms with Gasteiger partial charge in [0, 0.05) is 24.9 Å². The van der Waals surface area contributed by atoms with Crippen molar-refractivity contribution in [1.82, 2.24) is 5.32 Å². The first-order valence-corrected chi connectivity index (χ1v) is 8.97. The third kappa shape index (κ3) is 4.86. The molecule has 1 atom stereocenters. The fourth-order valence-electron chi connectivity index (χ4n) is 2.97. The number of rotatable bonds is 6. The van der Waals surface area contributed by atoms with E-state index in [1.807, 2.05) is 37.3 Å². The molecule has 0 saturated carbocycles. The highest BCUT2D eigenvalue weighted by atomic mass is 16.5. The van der Waals surface area contributed by atoms with Crippen LogP contribution in [0.3, 0.4) is 0 Å². The lowest BCUT2D eigenvalue weighted by Crippen LogP contribution is -2.38. The van der Waals surface area contributed by atoms with Gasteiger partial charge in [0.25, 0.3) is 5.91 Å². The first-order chi connectivity index (χ1) is 13.1. The summed E-state index contributed by atoms with van der Waals surface area (Å²) in [5.74, 6) is 0.286. The summed E-state index contributed by atoms with van der Waals surface area (Å²) in [6.45, 7) is 3.28. The summed E-state index contributed by atoms with van der Waals surface area (Å²) in [6, 6.07) is 12.9. The van der Waals surface area contributed by atoms with Crippen LogP contribution in [0.4, 0.5) is 5.69 Å². The topological polar surface area (TPSA) is 76.7 Å². The van der Waals surface area contributed by atoms with E-state index in [1.165, 1.54) is 0 Å². The van der Waals surface area contributed by atoms with Crippen LogP contribution in [0.15, 0.2) is 42.5 Å². The van der Waals surface area contributed by atoms with Crippen molar-refractivity contribution in [3.63, 3.8) is 0 Å². The van der Waals surface area contributed by atoms with E-state index in [9.17, 15) is 9.59 Å². The number of anilines is 1. The fourth-order valence-corrected chi connectivity index (χ4v) is 2.97. The zero-order valence-electron chi connectivity index (χ0n) is 15.6. The average Bonchev–Trinajstić information content (AvgIpc) is 2.68. The van der Waals surface area contributed by atoms with Crippen molar-refractivity contribution in [2.24, 2.45) is 5.92 Å². The van der Waals surface area contributed by atoms with Crippen LogP contribution in [-0.4, -0.2) is 38.7 Å². The van der Waals surface area contributed by atoms with Gasteiger partial charge in [0.2, 0.25) is 5.91 Å². The molecule has 0 radical (unpaired) electrons. The van der Waals surface area contributed by atoms with Crippen molar-refractivity contribution >= 4 is 17.5 Å².